The normalized spacial score (nSPS) is 18.8. The zero-order valence-electron chi connectivity index (χ0n) is 13.1. The van der Waals surface area contributed by atoms with E-state index in [4.69, 9.17) is 4.52 Å². The molecule has 0 aliphatic carbocycles. The summed E-state index contributed by atoms with van der Waals surface area (Å²) in [6.45, 7) is 6.38. The summed E-state index contributed by atoms with van der Waals surface area (Å²) in [6.07, 6.45) is 2.92. The lowest BCUT2D eigenvalue weighted by atomic mass is 10.1. The maximum atomic E-state index is 11.5. The molecule has 0 spiro atoms. The molecule has 0 saturated carbocycles. The Kier molecular flexibility index (Phi) is 5.00. The summed E-state index contributed by atoms with van der Waals surface area (Å²) in [7, 11) is -1.45. The van der Waals surface area contributed by atoms with Gasteiger partial charge in [-0.2, -0.15) is 4.98 Å². The molecule has 2 heterocycles. The molecule has 1 saturated heterocycles. The average molecular weight is 316 g/mol. The zero-order valence-corrected chi connectivity index (χ0v) is 13.9. The second-order valence-corrected chi connectivity index (χ2v) is 8.03. The standard InChI is InChI=1S/C13H24N4O3S/c1-10(2)13-14-12(15-20-13)9-17-7-5-11(6-8-17)16(3)21(4,18)19/h10-11H,5-9H2,1-4H3. The monoisotopic (exact) mass is 316 g/mol. The van der Waals surface area contributed by atoms with Crippen LogP contribution in [-0.4, -0.2) is 60.2 Å². The molecule has 1 fully saturated rings. The Morgan fingerprint density at radius 2 is 2.00 bits per heavy atom. The van der Waals surface area contributed by atoms with Crippen LogP contribution >= 0.6 is 0 Å². The second-order valence-electron chi connectivity index (χ2n) is 5.99. The van der Waals surface area contributed by atoms with Crippen LogP contribution in [0.25, 0.3) is 0 Å². The molecule has 1 aliphatic rings. The number of piperidine rings is 1. The Morgan fingerprint density at radius 1 is 1.38 bits per heavy atom. The van der Waals surface area contributed by atoms with Crippen LogP contribution in [0.5, 0.6) is 0 Å². The number of rotatable bonds is 5. The first-order valence-electron chi connectivity index (χ1n) is 7.25. The van der Waals surface area contributed by atoms with E-state index in [0.29, 0.717) is 18.3 Å². The zero-order chi connectivity index (χ0) is 15.6. The van der Waals surface area contributed by atoms with E-state index in [-0.39, 0.29) is 12.0 Å². The minimum atomic E-state index is -3.11. The Bertz CT molecular complexity index is 562. The van der Waals surface area contributed by atoms with Crippen molar-refractivity contribution in [3.8, 4) is 0 Å². The Hall–Kier alpha value is -0.990. The lowest BCUT2D eigenvalue weighted by molar-refractivity contribution is 0.160. The number of hydrogen-bond acceptors (Lipinski definition) is 6. The van der Waals surface area contributed by atoms with Crippen molar-refractivity contribution in [2.75, 3.05) is 26.4 Å². The van der Waals surface area contributed by atoms with Crippen LogP contribution in [0.1, 0.15) is 44.3 Å². The molecule has 0 bridgehead atoms. The van der Waals surface area contributed by atoms with Crippen molar-refractivity contribution in [3.05, 3.63) is 11.7 Å². The summed E-state index contributed by atoms with van der Waals surface area (Å²) in [5.74, 6) is 1.60. The fourth-order valence-electron chi connectivity index (χ4n) is 2.48. The molecular formula is C13H24N4O3S. The highest BCUT2D eigenvalue weighted by atomic mass is 32.2. The van der Waals surface area contributed by atoms with Gasteiger partial charge in [-0.1, -0.05) is 19.0 Å². The predicted molar refractivity (Wildman–Crippen MR) is 79.3 cm³/mol. The van der Waals surface area contributed by atoms with E-state index in [9.17, 15) is 8.42 Å². The van der Waals surface area contributed by atoms with Crippen molar-refractivity contribution >= 4 is 10.0 Å². The van der Waals surface area contributed by atoms with Gasteiger partial charge < -0.3 is 4.52 Å². The largest absolute Gasteiger partial charge is 0.339 e. The SMILES string of the molecule is CC(C)c1nc(CN2CCC(N(C)S(C)(=O)=O)CC2)no1. The van der Waals surface area contributed by atoms with E-state index in [0.717, 1.165) is 25.9 Å². The third-order valence-electron chi connectivity index (χ3n) is 3.94. The lowest BCUT2D eigenvalue weighted by Crippen LogP contribution is -2.45. The molecule has 1 aromatic rings. The van der Waals surface area contributed by atoms with E-state index in [1.165, 1.54) is 10.6 Å². The summed E-state index contributed by atoms with van der Waals surface area (Å²) < 4.78 is 29.8. The highest BCUT2D eigenvalue weighted by Gasteiger charge is 2.27. The molecular weight excluding hydrogens is 292 g/mol. The molecule has 0 atom stereocenters. The first-order valence-corrected chi connectivity index (χ1v) is 9.10. The smallest absolute Gasteiger partial charge is 0.229 e. The van der Waals surface area contributed by atoms with Crippen molar-refractivity contribution in [1.29, 1.82) is 0 Å². The molecule has 0 unspecified atom stereocenters. The molecule has 1 aliphatic heterocycles. The molecule has 120 valence electrons. The fraction of sp³-hybridized carbons (Fsp3) is 0.846. The Balaban J connectivity index is 1.86. The molecule has 0 amide bonds. The number of aromatic nitrogens is 2. The van der Waals surface area contributed by atoms with E-state index < -0.39 is 10.0 Å². The molecule has 8 heteroatoms. The third-order valence-corrected chi connectivity index (χ3v) is 5.28. The molecule has 2 rings (SSSR count). The highest BCUT2D eigenvalue weighted by molar-refractivity contribution is 7.88. The first-order chi connectivity index (χ1) is 9.77. The van der Waals surface area contributed by atoms with Gasteiger partial charge in [-0.05, 0) is 12.8 Å². The summed E-state index contributed by atoms with van der Waals surface area (Å²) in [4.78, 5) is 6.61. The van der Waals surface area contributed by atoms with E-state index in [2.05, 4.69) is 15.0 Å². The van der Waals surface area contributed by atoms with Gasteiger partial charge >= 0.3 is 0 Å². The summed E-state index contributed by atoms with van der Waals surface area (Å²) in [5.41, 5.74) is 0. The van der Waals surface area contributed by atoms with Gasteiger partial charge in [0.1, 0.15) is 0 Å². The highest BCUT2D eigenvalue weighted by Crippen LogP contribution is 2.19. The molecule has 21 heavy (non-hydrogen) atoms. The van der Waals surface area contributed by atoms with Crippen LogP contribution in [0.15, 0.2) is 4.52 Å². The van der Waals surface area contributed by atoms with Crippen molar-refractivity contribution in [2.45, 2.75) is 45.2 Å². The van der Waals surface area contributed by atoms with Gasteiger partial charge in [0.2, 0.25) is 15.9 Å². The summed E-state index contributed by atoms with van der Waals surface area (Å²) in [5, 5.41) is 3.99. The number of hydrogen-bond donors (Lipinski definition) is 0. The Morgan fingerprint density at radius 3 is 2.48 bits per heavy atom. The van der Waals surface area contributed by atoms with E-state index in [1.54, 1.807) is 7.05 Å². The van der Waals surface area contributed by atoms with Gasteiger partial charge in [0, 0.05) is 32.1 Å². The van der Waals surface area contributed by atoms with Crippen LogP contribution in [0.3, 0.4) is 0 Å². The topological polar surface area (TPSA) is 79.5 Å². The van der Waals surface area contributed by atoms with Crippen LogP contribution in [0, 0.1) is 0 Å². The molecule has 0 aromatic carbocycles. The van der Waals surface area contributed by atoms with Gasteiger partial charge in [0.05, 0.1) is 12.8 Å². The van der Waals surface area contributed by atoms with Gasteiger partial charge in [-0.3, -0.25) is 4.90 Å². The summed E-state index contributed by atoms with van der Waals surface area (Å²) >= 11 is 0. The number of sulfonamides is 1. The molecule has 0 N–H and O–H groups in total. The maximum absolute atomic E-state index is 11.5. The van der Waals surface area contributed by atoms with Gasteiger partial charge in [-0.25, -0.2) is 12.7 Å². The molecule has 0 radical (unpaired) electrons. The third kappa shape index (κ3) is 4.24. The van der Waals surface area contributed by atoms with Crippen LogP contribution in [0.2, 0.25) is 0 Å². The van der Waals surface area contributed by atoms with Crippen LogP contribution in [0.4, 0.5) is 0 Å². The average Bonchev–Trinajstić information content (AvgIpc) is 2.86. The minimum Gasteiger partial charge on any atom is -0.339 e. The minimum absolute atomic E-state index is 0.0905. The van der Waals surface area contributed by atoms with Gasteiger partial charge in [0.25, 0.3) is 0 Å². The van der Waals surface area contributed by atoms with Gasteiger partial charge in [0.15, 0.2) is 5.82 Å². The number of likely N-dealkylation sites (tertiary alicyclic amines) is 1. The number of nitrogens with zero attached hydrogens (tertiary/aromatic N) is 4. The van der Waals surface area contributed by atoms with Crippen molar-refractivity contribution in [3.63, 3.8) is 0 Å². The van der Waals surface area contributed by atoms with E-state index in [1.807, 2.05) is 13.8 Å². The van der Waals surface area contributed by atoms with Crippen molar-refractivity contribution in [1.82, 2.24) is 19.3 Å². The quantitative estimate of drug-likeness (QED) is 0.808. The van der Waals surface area contributed by atoms with Crippen molar-refractivity contribution < 1.29 is 12.9 Å². The maximum Gasteiger partial charge on any atom is 0.229 e. The second kappa shape index (κ2) is 6.41. The predicted octanol–water partition coefficient (Wildman–Crippen LogP) is 1.05. The fourth-order valence-corrected chi connectivity index (χ4v) is 3.23. The molecule has 7 nitrogen and oxygen atoms in total. The van der Waals surface area contributed by atoms with E-state index >= 15 is 0 Å². The summed E-state index contributed by atoms with van der Waals surface area (Å²) in [6, 6.07) is 0.0905. The first kappa shape index (κ1) is 16.4. The van der Waals surface area contributed by atoms with Crippen LogP contribution < -0.4 is 0 Å². The Labute approximate surface area is 126 Å². The van der Waals surface area contributed by atoms with Crippen molar-refractivity contribution in [2.24, 2.45) is 0 Å². The van der Waals surface area contributed by atoms with Crippen LogP contribution in [-0.2, 0) is 16.6 Å². The lowest BCUT2D eigenvalue weighted by Gasteiger charge is -2.35. The van der Waals surface area contributed by atoms with Gasteiger partial charge in [-0.15, -0.1) is 0 Å². The molecule has 1 aromatic heterocycles.